The van der Waals surface area contributed by atoms with Crippen molar-refractivity contribution in [1.29, 1.82) is 0 Å². The van der Waals surface area contributed by atoms with Crippen LogP contribution in [0.15, 0.2) is 30.6 Å². The third-order valence-electron chi connectivity index (χ3n) is 3.99. The van der Waals surface area contributed by atoms with Gasteiger partial charge in [-0.2, -0.15) is 0 Å². The summed E-state index contributed by atoms with van der Waals surface area (Å²) in [6.07, 6.45) is 13.4. The van der Waals surface area contributed by atoms with Gasteiger partial charge in [0, 0.05) is 18.4 Å². The molecule has 0 aliphatic heterocycles. The summed E-state index contributed by atoms with van der Waals surface area (Å²) in [4.78, 5) is 4.42. The molecule has 0 aliphatic carbocycles. The van der Waals surface area contributed by atoms with Gasteiger partial charge in [-0.1, -0.05) is 46.0 Å². The van der Waals surface area contributed by atoms with Crippen LogP contribution in [0.4, 0.5) is 0 Å². The van der Waals surface area contributed by atoms with Crippen LogP contribution in [0.1, 0.15) is 64.8 Å². The molecule has 0 aromatic carbocycles. The Labute approximate surface area is 116 Å². The molecule has 2 heteroatoms. The van der Waals surface area contributed by atoms with E-state index in [1.165, 1.54) is 50.5 Å². The molecule has 1 atom stereocenters. The molecule has 0 spiro atoms. The van der Waals surface area contributed by atoms with E-state index < -0.39 is 0 Å². The summed E-state index contributed by atoms with van der Waals surface area (Å²) in [7, 11) is 0. The van der Waals surface area contributed by atoms with E-state index in [0.29, 0.717) is 6.04 Å². The molecule has 0 saturated heterocycles. The first kappa shape index (κ1) is 14.1. The fraction of sp³-hybridized carbons (Fsp3) is 0.588. The molecule has 0 aliphatic rings. The quantitative estimate of drug-likeness (QED) is 0.584. The van der Waals surface area contributed by atoms with Crippen LogP contribution in [0.5, 0.6) is 0 Å². The molecule has 2 heterocycles. The summed E-state index contributed by atoms with van der Waals surface area (Å²) in [5.41, 5.74) is 2.40. The molecule has 1 unspecified atom stereocenters. The molecule has 2 rings (SSSR count). The van der Waals surface area contributed by atoms with Gasteiger partial charge in [0.2, 0.25) is 0 Å². The molecular weight excluding hydrogens is 232 g/mol. The van der Waals surface area contributed by atoms with Gasteiger partial charge >= 0.3 is 0 Å². The zero-order valence-corrected chi connectivity index (χ0v) is 12.3. The SMILES string of the molecule is CCCCCCCC(CC)n1ccc2ncccc21. The molecule has 19 heavy (non-hydrogen) atoms. The molecule has 0 amide bonds. The maximum Gasteiger partial charge on any atom is 0.0880 e. The predicted molar refractivity (Wildman–Crippen MR) is 82.4 cm³/mol. The van der Waals surface area contributed by atoms with Gasteiger partial charge in [-0.05, 0) is 31.0 Å². The fourth-order valence-corrected chi connectivity index (χ4v) is 2.83. The van der Waals surface area contributed by atoms with Crippen molar-refractivity contribution >= 4 is 11.0 Å². The number of aromatic nitrogens is 2. The van der Waals surface area contributed by atoms with E-state index in [4.69, 9.17) is 0 Å². The molecular formula is C17H26N2. The van der Waals surface area contributed by atoms with Gasteiger partial charge < -0.3 is 4.57 Å². The van der Waals surface area contributed by atoms with E-state index in [-0.39, 0.29) is 0 Å². The smallest absolute Gasteiger partial charge is 0.0880 e. The van der Waals surface area contributed by atoms with Crippen molar-refractivity contribution in [1.82, 2.24) is 9.55 Å². The largest absolute Gasteiger partial charge is 0.343 e. The van der Waals surface area contributed by atoms with Crippen LogP contribution >= 0.6 is 0 Å². The van der Waals surface area contributed by atoms with E-state index in [1.807, 2.05) is 12.3 Å². The van der Waals surface area contributed by atoms with Crippen LogP contribution in [-0.4, -0.2) is 9.55 Å². The Morgan fingerprint density at radius 2 is 1.95 bits per heavy atom. The molecule has 2 aromatic rings. The Morgan fingerprint density at radius 1 is 1.11 bits per heavy atom. The highest BCUT2D eigenvalue weighted by atomic mass is 15.0. The van der Waals surface area contributed by atoms with Crippen molar-refractivity contribution < 1.29 is 0 Å². The summed E-state index contributed by atoms with van der Waals surface area (Å²) in [6.45, 7) is 4.56. The van der Waals surface area contributed by atoms with Crippen LogP contribution in [-0.2, 0) is 0 Å². The first-order valence-corrected chi connectivity index (χ1v) is 7.78. The van der Waals surface area contributed by atoms with Gasteiger partial charge in [0.1, 0.15) is 0 Å². The van der Waals surface area contributed by atoms with Crippen LogP contribution in [0.3, 0.4) is 0 Å². The Bertz CT molecular complexity index is 487. The van der Waals surface area contributed by atoms with Crippen LogP contribution in [0.2, 0.25) is 0 Å². The van der Waals surface area contributed by atoms with Crippen molar-refractivity contribution in [3.63, 3.8) is 0 Å². The van der Waals surface area contributed by atoms with E-state index >= 15 is 0 Å². The number of pyridine rings is 1. The fourth-order valence-electron chi connectivity index (χ4n) is 2.83. The number of fused-ring (bicyclic) bond motifs is 1. The van der Waals surface area contributed by atoms with Crippen LogP contribution < -0.4 is 0 Å². The van der Waals surface area contributed by atoms with Gasteiger partial charge in [0.25, 0.3) is 0 Å². The van der Waals surface area contributed by atoms with Crippen molar-refractivity contribution in [3.05, 3.63) is 30.6 Å². The first-order valence-electron chi connectivity index (χ1n) is 7.78. The molecule has 2 nitrogen and oxygen atoms in total. The zero-order chi connectivity index (χ0) is 13.5. The molecule has 0 fully saturated rings. The maximum atomic E-state index is 4.42. The average Bonchev–Trinajstić information content (AvgIpc) is 2.87. The summed E-state index contributed by atoms with van der Waals surface area (Å²) in [5, 5.41) is 0. The lowest BCUT2D eigenvalue weighted by Gasteiger charge is -2.18. The number of hydrogen-bond donors (Lipinski definition) is 0. The number of nitrogens with zero attached hydrogens (tertiary/aromatic N) is 2. The first-order chi connectivity index (χ1) is 9.36. The molecule has 0 radical (unpaired) electrons. The van der Waals surface area contributed by atoms with Gasteiger partial charge in [-0.15, -0.1) is 0 Å². The van der Waals surface area contributed by atoms with Crippen molar-refractivity contribution in [2.75, 3.05) is 0 Å². The van der Waals surface area contributed by atoms with E-state index in [0.717, 1.165) is 5.52 Å². The Hall–Kier alpha value is -1.31. The van der Waals surface area contributed by atoms with Gasteiger partial charge in [0.05, 0.1) is 11.0 Å². The highest BCUT2D eigenvalue weighted by molar-refractivity contribution is 5.75. The zero-order valence-electron chi connectivity index (χ0n) is 12.3. The molecule has 0 bridgehead atoms. The second-order valence-corrected chi connectivity index (χ2v) is 5.40. The molecule has 104 valence electrons. The van der Waals surface area contributed by atoms with Crippen molar-refractivity contribution in [3.8, 4) is 0 Å². The van der Waals surface area contributed by atoms with E-state index in [1.54, 1.807) is 0 Å². The average molecular weight is 258 g/mol. The summed E-state index contributed by atoms with van der Waals surface area (Å²) in [5.74, 6) is 0. The third-order valence-corrected chi connectivity index (χ3v) is 3.99. The van der Waals surface area contributed by atoms with Gasteiger partial charge in [-0.3, -0.25) is 4.98 Å². The minimum atomic E-state index is 0.628. The second kappa shape index (κ2) is 7.32. The third kappa shape index (κ3) is 3.59. The summed E-state index contributed by atoms with van der Waals surface area (Å²) in [6, 6.07) is 6.98. The van der Waals surface area contributed by atoms with Crippen molar-refractivity contribution in [2.24, 2.45) is 0 Å². The maximum absolute atomic E-state index is 4.42. The molecule has 2 aromatic heterocycles. The van der Waals surface area contributed by atoms with E-state index in [2.05, 4.69) is 41.7 Å². The number of hydrogen-bond acceptors (Lipinski definition) is 1. The molecule has 0 N–H and O–H groups in total. The highest BCUT2D eigenvalue weighted by Gasteiger charge is 2.11. The lowest BCUT2D eigenvalue weighted by Crippen LogP contribution is -2.06. The Kier molecular flexibility index (Phi) is 5.44. The lowest BCUT2D eigenvalue weighted by molar-refractivity contribution is 0.437. The lowest BCUT2D eigenvalue weighted by atomic mass is 10.0. The summed E-state index contributed by atoms with van der Waals surface area (Å²) >= 11 is 0. The topological polar surface area (TPSA) is 17.8 Å². The second-order valence-electron chi connectivity index (χ2n) is 5.40. The minimum absolute atomic E-state index is 0.628. The molecule has 0 saturated carbocycles. The van der Waals surface area contributed by atoms with Gasteiger partial charge in [-0.25, -0.2) is 0 Å². The predicted octanol–water partition coefficient (Wildman–Crippen LogP) is 5.35. The number of rotatable bonds is 8. The Balaban J connectivity index is 1.97. The monoisotopic (exact) mass is 258 g/mol. The Morgan fingerprint density at radius 3 is 2.74 bits per heavy atom. The standard InChI is InChI=1S/C17H26N2/c1-3-5-6-7-8-10-15(4-2)19-14-12-16-17(19)11-9-13-18-16/h9,11-15H,3-8,10H2,1-2H3. The normalized spacial score (nSPS) is 12.9. The summed E-state index contributed by atoms with van der Waals surface area (Å²) < 4.78 is 2.42. The van der Waals surface area contributed by atoms with Crippen LogP contribution in [0, 0.1) is 0 Å². The highest BCUT2D eigenvalue weighted by Crippen LogP contribution is 2.25. The van der Waals surface area contributed by atoms with Gasteiger partial charge in [0.15, 0.2) is 0 Å². The van der Waals surface area contributed by atoms with E-state index in [9.17, 15) is 0 Å². The van der Waals surface area contributed by atoms with Crippen molar-refractivity contribution in [2.45, 2.75) is 64.8 Å². The van der Waals surface area contributed by atoms with Crippen LogP contribution in [0.25, 0.3) is 11.0 Å². The number of unbranched alkanes of at least 4 members (excludes halogenated alkanes) is 4. The minimum Gasteiger partial charge on any atom is -0.343 e.